The summed E-state index contributed by atoms with van der Waals surface area (Å²) in [5.41, 5.74) is 6.32. The van der Waals surface area contributed by atoms with Crippen LogP contribution in [0, 0.1) is 6.92 Å². The fraction of sp³-hybridized carbons (Fsp3) is 0.583. The van der Waals surface area contributed by atoms with E-state index in [2.05, 4.69) is 4.98 Å². The lowest BCUT2D eigenvalue weighted by Gasteiger charge is -2.20. The summed E-state index contributed by atoms with van der Waals surface area (Å²) in [4.78, 5) is 4.18. The lowest BCUT2D eigenvalue weighted by atomic mass is 10.2. The minimum Gasteiger partial charge on any atom is -0.383 e. The first kappa shape index (κ1) is 13.3. The molecule has 0 aromatic carbocycles. The van der Waals surface area contributed by atoms with Crippen LogP contribution in [0.3, 0.4) is 0 Å². The number of sulfonamides is 1. The molecule has 0 bridgehead atoms. The van der Waals surface area contributed by atoms with E-state index in [-0.39, 0.29) is 4.90 Å². The smallest absolute Gasteiger partial charge is 0.244 e. The second kappa shape index (κ2) is 5.24. The Labute approximate surface area is 108 Å². The van der Waals surface area contributed by atoms with Crippen LogP contribution in [0.1, 0.15) is 31.2 Å². The molecule has 0 aliphatic carbocycles. The number of aryl methyl sites for hydroxylation is 1. The lowest BCUT2D eigenvalue weighted by Crippen LogP contribution is -2.32. The van der Waals surface area contributed by atoms with Gasteiger partial charge in [-0.3, -0.25) is 0 Å². The molecule has 1 aliphatic rings. The first-order chi connectivity index (χ1) is 8.51. The summed E-state index contributed by atoms with van der Waals surface area (Å²) in [6, 6.07) is 1.60. The van der Waals surface area contributed by atoms with Crippen molar-refractivity contribution in [1.29, 1.82) is 0 Å². The third kappa shape index (κ3) is 2.64. The van der Waals surface area contributed by atoms with E-state index in [4.69, 9.17) is 5.73 Å². The SMILES string of the molecule is Cc1cc(S(=O)(=O)N2CCCCCC2)cnc1N. The molecule has 1 saturated heterocycles. The van der Waals surface area contributed by atoms with Crippen LogP contribution in [0.5, 0.6) is 0 Å². The highest BCUT2D eigenvalue weighted by atomic mass is 32.2. The van der Waals surface area contributed by atoms with E-state index >= 15 is 0 Å². The summed E-state index contributed by atoms with van der Waals surface area (Å²) < 4.78 is 26.5. The van der Waals surface area contributed by atoms with Gasteiger partial charge in [0, 0.05) is 19.3 Å². The van der Waals surface area contributed by atoms with E-state index in [1.807, 2.05) is 0 Å². The fourth-order valence-electron chi connectivity index (χ4n) is 2.13. The zero-order chi connectivity index (χ0) is 13.2. The summed E-state index contributed by atoms with van der Waals surface area (Å²) >= 11 is 0. The van der Waals surface area contributed by atoms with Crippen molar-refractivity contribution in [3.05, 3.63) is 17.8 Å². The third-order valence-electron chi connectivity index (χ3n) is 3.30. The van der Waals surface area contributed by atoms with Gasteiger partial charge in [0.05, 0.1) is 0 Å². The maximum atomic E-state index is 12.4. The molecule has 1 fully saturated rings. The molecule has 2 heterocycles. The van der Waals surface area contributed by atoms with Crippen molar-refractivity contribution < 1.29 is 8.42 Å². The molecule has 18 heavy (non-hydrogen) atoms. The number of rotatable bonds is 2. The summed E-state index contributed by atoms with van der Waals surface area (Å²) in [5, 5.41) is 0. The van der Waals surface area contributed by atoms with Gasteiger partial charge in [0.25, 0.3) is 0 Å². The van der Waals surface area contributed by atoms with Crippen molar-refractivity contribution in [1.82, 2.24) is 9.29 Å². The van der Waals surface area contributed by atoms with Gasteiger partial charge in [0.2, 0.25) is 10.0 Å². The summed E-state index contributed by atoms with van der Waals surface area (Å²) in [5.74, 6) is 0.379. The van der Waals surface area contributed by atoms with Gasteiger partial charge in [0.1, 0.15) is 10.7 Å². The van der Waals surface area contributed by atoms with E-state index in [0.717, 1.165) is 25.7 Å². The number of nitrogens with two attached hydrogens (primary N) is 1. The molecule has 6 heteroatoms. The molecule has 1 aromatic rings. The van der Waals surface area contributed by atoms with E-state index < -0.39 is 10.0 Å². The first-order valence-electron chi connectivity index (χ1n) is 6.24. The maximum absolute atomic E-state index is 12.4. The predicted molar refractivity (Wildman–Crippen MR) is 70.6 cm³/mol. The van der Waals surface area contributed by atoms with Crippen LogP contribution >= 0.6 is 0 Å². The van der Waals surface area contributed by atoms with E-state index in [1.54, 1.807) is 17.3 Å². The average Bonchev–Trinajstić information content (AvgIpc) is 2.61. The van der Waals surface area contributed by atoms with Gasteiger partial charge >= 0.3 is 0 Å². The largest absolute Gasteiger partial charge is 0.383 e. The fourth-order valence-corrected chi connectivity index (χ4v) is 3.68. The van der Waals surface area contributed by atoms with Crippen LogP contribution in [-0.4, -0.2) is 30.8 Å². The van der Waals surface area contributed by atoms with Crippen molar-refractivity contribution in [3.8, 4) is 0 Å². The monoisotopic (exact) mass is 269 g/mol. The normalized spacial score (nSPS) is 18.5. The standard InChI is InChI=1S/C12H19N3O2S/c1-10-8-11(9-14-12(10)13)18(16,17)15-6-4-2-3-5-7-15/h8-9H,2-7H2,1H3,(H2,13,14). The number of hydrogen-bond acceptors (Lipinski definition) is 4. The maximum Gasteiger partial charge on any atom is 0.244 e. The summed E-state index contributed by atoms with van der Waals surface area (Å²) in [7, 11) is -3.41. The minimum absolute atomic E-state index is 0.246. The molecule has 5 nitrogen and oxygen atoms in total. The molecule has 100 valence electrons. The molecule has 0 radical (unpaired) electrons. The summed E-state index contributed by atoms with van der Waals surface area (Å²) in [6.45, 7) is 2.97. The molecule has 2 rings (SSSR count). The second-order valence-electron chi connectivity index (χ2n) is 4.69. The van der Waals surface area contributed by atoms with Crippen LogP contribution < -0.4 is 5.73 Å². The highest BCUT2D eigenvalue weighted by Gasteiger charge is 2.25. The van der Waals surface area contributed by atoms with Crippen LogP contribution in [0.4, 0.5) is 5.82 Å². The Hall–Kier alpha value is -1.14. The van der Waals surface area contributed by atoms with Crippen LogP contribution in [0.15, 0.2) is 17.2 Å². The molecule has 1 aromatic heterocycles. The van der Waals surface area contributed by atoms with Crippen molar-refractivity contribution in [3.63, 3.8) is 0 Å². The Kier molecular flexibility index (Phi) is 3.87. The third-order valence-corrected chi connectivity index (χ3v) is 5.16. The Morgan fingerprint density at radius 3 is 2.39 bits per heavy atom. The van der Waals surface area contributed by atoms with Crippen molar-refractivity contribution in [2.24, 2.45) is 0 Å². The van der Waals surface area contributed by atoms with Gasteiger partial charge in [-0.25, -0.2) is 13.4 Å². The molecular weight excluding hydrogens is 250 g/mol. The number of anilines is 1. The Morgan fingerprint density at radius 2 is 1.83 bits per heavy atom. The number of aromatic nitrogens is 1. The highest BCUT2D eigenvalue weighted by Crippen LogP contribution is 2.21. The Balaban J connectivity index is 2.31. The van der Waals surface area contributed by atoms with Crippen molar-refractivity contribution in [2.75, 3.05) is 18.8 Å². The predicted octanol–water partition coefficient (Wildman–Crippen LogP) is 1.54. The molecule has 0 atom stereocenters. The number of nitrogens with zero attached hydrogens (tertiary/aromatic N) is 2. The number of pyridine rings is 1. The van der Waals surface area contributed by atoms with Crippen LogP contribution in [-0.2, 0) is 10.0 Å². The highest BCUT2D eigenvalue weighted by molar-refractivity contribution is 7.89. The molecular formula is C12H19N3O2S. The van der Waals surface area contributed by atoms with Gasteiger partial charge in [0.15, 0.2) is 0 Å². The van der Waals surface area contributed by atoms with Crippen LogP contribution in [0.25, 0.3) is 0 Å². The zero-order valence-electron chi connectivity index (χ0n) is 10.6. The molecule has 2 N–H and O–H groups in total. The molecule has 0 spiro atoms. The van der Waals surface area contributed by atoms with Gasteiger partial charge in [-0.05, 0) is 31.4 Å². The van der Waals surface area contributed by atoms with E-state index in [9.17, 15) is 8.42 Å². The average molecular weight is 269 g/mol. The number of nitrogen functional groups attached to an aromatic ring is 1. The molecule has 0 unspecified atom stereocenters. The molecule has 1 aliphatic heterocycles. The zero-order valence-corrected chi connectivity index (χ0v) is 11.4. The molecule has 0 amide bonds. The van der Waals surface area contributed by atoms with Crippen molar-refractivity contribution >= 4 is 15.8 Å². The summed E-state index contributed by atoms with van der Waals surface area (Å²) in [6.07, 6.45) is 5.42. The minimum atomic E-state index is -3.41. The molecule has 0 saturated carbocycles. The van der Waals surface area contributed by atoms with E-state index in [1.165, 1.54) is 6.20 Å². The van der Waals surface area contributed by atoms with Gasteiger partial charge in [-0.15, -0.1) is 0 Å². The van der Waals surface area contributed by atoms with Gasteiger partial charge in [-0.2, -0.15) is 4.31 Å². The number of hydrogen-bond donors (Lipinski definition) is 1. The lowest BCUT2D eigenvalue weighted by molar-refractivity contribution is 0.423. The second-order valence-corrected chi connectivity index (χ2v) is 6.63. The Morgan fingerprint density at radius 1 is 1.22 bits per heavy atom. The first-order valence-corrected chi connectivity index (χ1v) is 7.68. The Bertz CT molecular complexity index is 520. The van der Waals surface area contributed by atoms with E-state index in [0.29, 0.717) is 24.5 Å². The topological polar surface area (TPSA) is 76.3 Å². The van der Waals surface area contributed by atoms with Crippen LogP contribution in [0.2, 0.25) is 0 Å². The quantitative estimate of drug-likeness (QED) is 0.883. The van der Waals surface area contributed by atoms with Crippen molar-refractivity contribution in [2.45, 2.75) is 37.5 Å². The van der Waals surface area contributed by atoms with Gasteiger partial charge in [-0.1, -0.05) is 12.8 Å². The van der Waals surface area contributed by atoms with Gasteiger partial charge < -0.3 is 5.73 Å².